The Labute approximate surface area is 66.1 Å². The van der Waals surface area contributed by atoms with Gasteiger partial charge < -0.3 is 16.4 Å². The lowest BCUT2D eigenvalue weighted by atomic mass is 10.5. The Kier molecular flexibility index (Phi) is 4.02. The second kappa shape index (κ2) is 4.54. The van der Waals surface area contributed by atoms with Crippen molar-refractivity contribution < 1.29 is 4.79 Å². The fourth-order valence-corrected chi connectivity index (χ4v) is 0.675. The number of guanidine groups is 1. The maximum Gasteiger partial charge on any atom is 0.346 e. The van der Waals surface area contributed by atoms with Gasteiger partial charge in [-0.2, -0.15) is 4.99 Å². The van der Waals surface area contributed by atoms with Gasteiger partial charge in [0.05, 0.1) is 0 Å². The van der Waals surface area contributed by atoms with Crippen molar-refractivity contribution in [1.29, 1.82) is 0 Å². The number of rotatable bonds is 2. The third-order valence-electron chi connectivity index (χ3n) is 1.26. The lowest BCUT2D eigenvalue weighted by Crippen LogP contribution is -2.32. The van der Waals surface area contributed by atoms with Gasteiger partial charge in [0.1, 0.15) is 0 Å². The standard InChI is InChI=1S/C6H14N4O/c1-3-10(4-2)6(11)9-5(7)8/h3-4H2,1-2H3,(H4,7,8,9,11). The molecule has 11 heavy (non-hydrogen) atoms. The number of carbonyl (C=O) groups is 1. The first-order valence-electron chi connectivity index (χ1n) is 3.50. The molecule has 0 spiro atoms. The van der Waals surface area contributed by atoms with E-state index in [0.717, 1.165) is 0 Å². The SMILES string of the molecule is CCN(CC)C(=O)N=C(N)N. The Morgan fingerprint density at radius 2 is 1.82 bits per heavy atom. The van der Waals surface area contributed by atoms with Crippen LogP contribution < -0.4 is 11.5 Å². The van der Waals surface area contributed by atoms with Crippen LogP contribution in [0.2, 0.25) is 0 Å². The number of nitrogens with zero attached hydrogens (tertiary/aromatic N) is 2. The van der Waals surface area contributed by atoms with Gasteiger partial charge >= 0.3 is 6.03 Å². The van der Waals surface area contributed by atoms with Crippen LogP contribution in [0.1, 0.15) is 13.8 Å². The molecule has 0 aliphatic heterocycles. The van der Waals surface area contributed by atoms with Gasteiger partial charge in [-0.3, -0.25) is 0 Å². The molecule has 5 nitrogen and oxygen atoms in total. The van der Waals surface area contributed by atoms with E-state index in [9.17, 15) is 4.79 Å². The summed E-state index contributed by atoms with van der Waals surface area (Å²) in [6.07, 6.45) is 0. The number of nitrogens with two attached hydrogens (primary N) is 2. The summed E-state index contributed by atoms with van der Waals surface area (Å²) in [5.74, 6) is -0.193. The predicted molar refractivity (Wildman–Crippen MR) is 44.1 cm³/mol. The molecule has 0 fully saturated rings. The zero-order valence-corrected chi connectivity index (χ0v) is 6.87. The molecule has 0 bridgehead atoms. The van der Waals surface area contributed by atoms with Crippen LogP contribution in [0, 0.1) is 0 Å². The molecule has 4 N–H and O–H groups in total. The average molecular weight is 158 g/mol. The van der Waals surface area contributed by atoms with Crippen LogP contribution in [0.4, 0.5) is 4.79 Å². The summed E-state index contributed by atoms with van der Waals surface area (Å²) in [6.45, 7) is 4.96. The second-order valence-corrected chi connectivity index (χ2v) is 1.99. The normalized spacial score (nSPS) is 8.91. The molecule has 0 rings (SSSR count). The molecular weight excluding hydrogens is 144 g/mol. The number of aliphatic imine (C=N–C) groups is 1. The quantitative estimate of drug-likeness (QED) is 0.428. The Balaban J connectivity index is 4.11. The van der Waals surface area contributed by atoms with Gasteiger partial charge in [0.15, 0.2) is 5.96 Å². The van der Waals surface area contributed by atoms with E-state index in [0.29, 0.717) is 13.1 Å². The third kappa shape index (κ3) is 3.44. The van der Waals surface area contributed by atoms with E-state index < -0.39 is 0 Å². The van der Waals surface area contributed by atoms with E-state index in [1.165, 1.54) is 4.90 Å². The van der Waals surface area contributed by atoms with Crippen molar-refractivity contribution in [3.05, 3.63) is 0 Å². The van der Waals surface area contributed by atoms with E-state index in [1.807, 2.05) is 13.8 Å². The summed E-state index contributed by atoms with van der Waals surface area (Å²) in [5.41, 5.74) is 10.0. The summed E-state index contributed by atoms with van der Waals surface area (Å²) in [6, 6.07) is -0.380. The molecule has 0 aliphatic rings. The third-order valence-corrected chi connectivity index (χ3v) is 1.26. The van der Waals surface area contributed by atoms with Crippen LogP contribution in [0.3, 0.4) is 0 Å². The smallest absolute Gasteiger partial charge is 0.346 e. The molecule has 5 heteroatoms. The van der Waals surface area contributed by atoms with Gasteiger partial charge in [-0.1, -0.05) is 0 Å². The molecule has 0 unspecified atom stereocenters. The summed E-state index contributed by atoms with van der Waals surface area (Å²) in [5, 5.41) is 0. The molecular formula is C6H14N4O. The van der Waals surface area contributed by atoms with E-state index in [-0.39, 0.29) is 12.0 Å². The molecule has 0 radical (unpaired) electrons. The highest BCUT2D eigenvalue weighted by Crippen LogP contribution is 1.90. The van der Waals surface area contributed by atoms with Crippen molar-refractivity contribution in [2.24, 2.45) is 16.5 Å². The van der Waals surface area contributed by atoms with Crippen LogP contribution >= 0.6 is 0 Å². The largest absolute Gasteiger partial charge is 0.370 e. The first kappa shape index (κ1) is 9.74. The summed E-state index contributed by atoms with van der Waals surface area (Å²) in [4.78, 5) is 15.9. The minimum Gasteiger partial charge on any atom is -0.370 e. The molecule has 0 heterocycles. The van der Waals surface area contributed by atoms with Crippen LogP contribution in [0.25, 0.3) is 0 Å². The summed E-state index contributed by atoms with van der Waals surface area (Å²) < 4.78 is 0. The van der Waals surface area contributed by atoms with E-state index in [1.54, 1.807) is 0 Å². The Bertz CT molecular complexity index is 158. The van der Waals surface area contributed by atoms with Crippen molar-refractivity contribution in [3.8, 4) is 0 Å². The first-order chi connectivity index (χ1) is 5.11. The summed E-state index contributed by atoms with van der Waals surface area (Å²) >= 11 is 0. The fourth-order valence-electron chi connectivity index (χ4n) is 0.675. The Hall–Kier alpha value is -1.26. The number of hydrogen-bond acceptors (Lipinski definition) is 1. The van der Waals surface area contributed by atoms with E-state index in [4.69, 9.17) is 11.5 Å². The lowest BCUT2D eigenvalue weighted by molar-refractivity contribution is 0.213. The molecule has 0 aromatic carbocycles. The van der Waals surface area contributed by atoms with Crippen LogP contribution in [0.5, 0.6) is 0 Å². The van der Waals surface area contributed by atoms with Gasteiger partial charge in [-0.15, -0.1) is 0 Å². The van der Waals surface area contributed by atoms with Crippen molar-refractivity contribution in [2.45, 2.75) is 13.8 Å². The maximum atomic E-state index is 11.0. The number of amides is 2. The highest BCUT2D eigenvalue weighted by atomic mass is 16.2. The second-order valence-electron chi connectivity index (χ2n) is 1.99. The monoisotopic (exact) mass is 158 g/mol. The van der Waals surface area contributed by atoms with Crippen molar-refractivity contribution in [3.63, 3.8) is 0 Å². The molecule has 0 atom stereocenters. The molecule has 0 saturated carbocycles. The lowest BCUT2D eigenvalue weighted by Gasteiger charge is -2.14. The molecule has 64 valence electrons. The van der Waals surface area contributed by atoms with Crippen molar-refractivity contribution >= 4 is 12.0 Å². The molecule has 0 saturated heterocycles. The molecule has 2 amide bonds. The average Bonchev–Trinajstić information content (AvgIpc) is 1.88. The van der Waals surface area contributed by atoms with Crippen molar-refractivity contribution in [2.75, 3.05) is 13.1 Å². The summed E-state index contributed by atoms with van der Waals surface area (Å²) in [7, 11) is 0. The zero-order chi connectivity index (χ0) is 8.85. The fraction of sp³-hybridized carbons (Fsp3) is 0.667. The van der Waals surface area contributed by atoms with Crippen molar-refractivity contribution in [1.82, 2.24) is 4.90 Å². The van der Waals surface area contributed by atoms with Gasteiger partial charge in [0, 0.05) is 13.1 Å². The van der Waals surface area contributed by atoms with Gasteiger partial charge in [0.2, 0.25) is 0 Å². The zero-order valence-electron chi connectivity index (χ0n) is 6.87. The number of hydrogen-bond donors (Lipinski definition) is 2. The number of carbonyl (C=O) groups excluding carboxylic acids is 1. The van der Waals surface area contributed by atoms with Crippen LogP contribution in [0.15, 0.2) is 4.99 Å². The number of urea groups is 1. The Morgan fingerprint density at radius 3 is 2.09 bits per heavy atom. The topological polar surface area (TPSA) is 84.7 Å². The Morgan fingerprint density at radius 1 is 1.36 bits per heavy atom. The van der Waals surface area contributed by atoms with Gasteiger partial charge in [-0.25, -0.2) is 4.79 Å². The maximum absolute atomic E-state index is 11.0. The molecule has 0 aromatic rings. The molecule has 0 aromatic heterocycles. The minimum absolute atomic E-state index is 0.193. The van der Waals surface area contributed by atoms with Crippen LogP contribution in [-0.4, -0.2) is 30.0 Å². The highest BCUT2D eigenvalue weighted by Gasteiger charge is 2.06. The minimum atomic E-state index is -0.380. The van der Waals surface area contributed by atoms with Gasteiger partial charge in [-0.05, 0) is 13.8 Å². The van der Waals surface area contributed by atoms with E-state index in [2.05, 4.69) is 4.99 Å². The first-order valence-corrected chi connectivity index (χ1v) is 3.50. The highest BCUT2D eigenvalue weighted by molar-refractivity contribution is 5.90. The van der Waals surface area contributed by atoms with Gasteiger partial charge in [0.25, 0.3) is 0 Å². The predicted octanol–water partition coefficient (Wildman–Crippen LogP) is -0.278. The molecule has 0 aliphatic carbocycles. The van der Waals surface area contributed by atoms with E-state index >= 15 is 0 Å². The van der Waals surface area contributed by atoms with Crippen LogP contribution in [-0.2, 0) is 0 Å².